The zero-order chi connectivity index (χ0) is 18.7. The summed E-state index contributed by atoms with van der Waals surface area (Å²) in [6.07, 6.45) is -3.96. The molecule has 0 aliphatic carbocycles. The normalized spacial score (nSPS) is 14.7. The third kappa shape index (κ3) is 4.04. The van der Waals surface area contributed by atoms with Gasteiger partial charge in [0.2, 0.25) is 5.88 Å². The van der Waals surface area contributed by atoms with E-state index in [4.69, 9.17) is 9.47 Å². The molecule has 0 bridgehead atoms. The maximum atomic E-state index is 13.4. The average molecular weight is 370 g/mol. The van der Waals surface area contributed by atoms with Crippen LogP contribution in [0.5, 0.6) is 11.6 Å². The van der Waals surface area contributed by atoms with Gasteiger partial charge in [-0.15, -0.1) is 0 Å². The fourth-order valence-electron chi connectivity index (χ4n) is 2.37. The Morgan fingerprint density at radius 1 is 1.19 bits per heavy atom. The predicted molar refractivity (Wildman–Crippen MR) is 82.1 cm³/mol. The second kappa shape index (κ2) is 7.19. The van der Waals surface area contributed by atoms with Crippen molar-refractivity contribution in [2.24, 2.45) is 0 Å². The largest absolute Gasteiger partial charge is 0.481 e. The molecule has 1 amide bonds. The number of ether oxygens (including phenoxy) is 2. The Bertz CT molecular complexity index is 792. The molecule has 0 unspecified atom stereocenters. The molecule has 2 heterocycles. The highest BCUT2D eigenvalue weighted by Gasteiger charge is 2.38. The molecule has 9 heteroatoms. The second-order valence-corrected chi connectivity index (χ2v) is 5.61. The Morgan fingerprint density at radius 2 is 1.92 bits per heavy atom. The molecule has 1 saturated heterocycles. The predicted octanol–water partition coefficient (Wildman–Crippen LogP) is 2.91. The number of carbonyl (C=O) groups is 1. The monoisotopic (exact) mass is 370 g/mol. The van der Waals surface area contributed by atoms with Crippen LogP contribution in [0.3, 0.4) is 0 Å². The van der Waals surface area contributed by atoms with Gasteiger partial charge in [0.1, 0.15) is 11.7 Å². The molecule has 0 atom stereocenters. The van der Waals surface area contributed by atoms with Gasteiger partial charge in [0, 0.05) is 6.20 Å². The van der Waals surface area contributed by atoms with Gasteiger partial charge >= 0.3 is 6.18 Å². The van der Waals surface area contributed by atoms with Crippen LogP contribution in [-0.4, -0.2) is 41.6 Å². The molecule has 2 aromatic rings. The van der Waals surface area contributed by atoms with Crippen LogP contribution >= 0.6 is 0 Å². The van der Waals surface area contributed by atoms with Gasteiger partial charge in [-0.1, -0.05) is 12.1 Å². The number of hydrogen-bond acceptors (Lipinski definition) is 4. The fourth-order valence-corrected chi connectivity index (χ4v) is 2.37. The van der Waals surface area contributed by atoms with Crippen molar-refractivity contribution in [2.75, 3.05) is 19.7 Å². The number of rotatable bonds is 5. The molecule has 1 aromatic carbocycles. The van der Waals surface area contributed by atoms with Gasteiger partial charge in [-0.3, -0.25) is 4.79 Å². The van der Waals surface area contributed by atoms with E-state index in [1.165, 1.54) is 35.4 Å². The number of pyridine rings is 1. The lowest BCUT2D eigenvalue weighted by Crippen LogP contribution is -2.57. The third-order valence-electron chi connectivity index (χ3n) is 3.74. The molecule has 1 aliphatic heterocycles. The first-order valence-electron chi connectivity index (χ1n) is 7.68. The molecule has 0 spiro atoms. The lowest BCUT2D eigenvalue weighted by Gasteiger charge is -2.38. The number of nitrogens with zero attached hydrogens (tertiary/aromatic N) is 2. The van der Waals surface area contributed by atoms with E-state index >= 15 is 0 Å². The SMILES string of the molecule is O=C(COc1ccccc1F)N1CC(Oc2ncccc2C(F)(F)F)C1. The molecular formula is C17H14F4N2O3. The number of alkyl halides is 3. The summed E-state index contributed by atoms with van der Waals surface area (Å²) in [5.74, 6) is -1.55. The first kappa shape index (κ1) is 18.0. The van der Waals surface area contributed by atoms with E-state index in [0.29, 0.717) is 0 Å². The summed E-state index contributed by atoms with van der Waals surface area (Å²) in [5.41, 5.74) is -0.965. The Balaban J connectivity index is 1.50. The third-order valence-corrected chi connectivity index (χ3v) is 3.74. The quantitative estimate of drug-likeness (QED) is 0.760. The number of hydrogen-bond donors (Lipinski definition) is 0. The number of benzene rings is 1. The molecular weight excluding hydrogens is 356 g/mol. The van der Waals surface area contributed by atoms with Gasteiger partial charge in [-0.05, 0) is 24.3 Å². The zero-order valence-corrected chi connectivity index (χ0v) is 13.4. The summed E-state index contributed by atoms with van der Waals surface area (Å²) >= 11 is 0. The van der Waals surface area contributed by atoms with E-state index in [1.54, 1.807) is 6.07 Å². The molecule has 1 aliphatic rings. The van der Waals surface area contributed by atoms with Crippen LogP contribution in [0.25, 0.3) is 0 Å². The zero-order valence-electron chi connectivity index (χ0n) is 13.4. The second-order valence-electron chi connectivity index (χ2n) is 5.61. The summed E-state index contributed by atoms with van der Waals surface area (Å²) in [6.45, 7) is -0.161. The van der Waals surface area contributed by atoms with Crippen LogP contribution in [-0.2, 0) is 11.0 Å². The van der Waals surface area contributed by atoms with E-state index < -0.39 is 35.4 Å². The van der Waals surface area contributed by atoms with Crippen LogP contribution in [0.1, 0.15) is 5.56 Å². The standard InChI is InChI=1S/C17H14F4N2O3/c18-13-5-1-2-6-14(13)25-10-15(24)23-8-11(9-23)26-16-12(17(19,20)21)4-3-7-22-16/h1-7,11H,8-10H2. The van der Waals surface area contributed by atoms with Crippen LogP contribution in [0.2, 0.25) is 0 Å². The van der Waals surface area contributed by atoms with Crippen LogP contribution in [0.15, 0.2) is 42.6 Å². The van der Waals surface area contributed by atoms with E-state index in [-0.39, 0.29) is 25.4 Å². The first-order chi connectivity index (χ1) is 12.3. The summed E-state index contributed by atoms with van der Waals surface area (Å²) in [4.78, 5) is 16.9. The van der Waals surface area contributed by atoms with Crippen molar-refractivity contribution >= 4 is 5.91 Å². The number of halogens is 4. The van der Waals surface area contributed by atoms with Crippen LogP contribution < -0.4 is 9.47 Å². The summed E-state index contributed by atoms with van der Waals surface area (Å²) in [7, 11) is 0. The highest BCUT2D eigenvalue weighted by Crippen LogP contribution is 2.35. The molecule has 138 valence electrons. The minimum Gasteiger partial charge on any atom is -0.481 e. The molecule has 1 fully saturated rings. The van der Waals surface area contributed by atoms with Gasteiger partial charge < -0.3 is 14.4 Å². The number of likely N-dealkylation sites (tertiary alicyclic amines) is 1. The van der Waals surface area contributed by atoms with E-state index in [9.17, 15) is 22.4 Å². The number of amides is 1. The smallest absolute Gasteiger partial charge is 0.421 e. The molecule has 3 rings (SSSR count). The highest BCUT2D eigenvalue weighted by atomic mass is 19.4. The highest BCUT2D eigenvalue weighted by molar-refractivity contribution is 5.78. The molecule has 0 N–H and O–H groups in total. The van der Waals surface area contributed by atoms with Gasteiger partial charge in [0.15, 0.2) is 18.2 Å². The van der Waals surface area contributed by atoms with Crippen molar-refractivity contribution in [2.45, 2.75) is 12.3 Å². The lowest BCUT2D eigenvalue weighted by atomic mass is 10.1. The molecule has 5 nitrogen and oxygen atoms in total. The summed E-state index contributed by atoms with van der Waals surface area (Å²) in [6, 6.07) is 7.72. The summed E-state index contributed by atoms with van der Waals surface area (Å²) in [5, 5.41) is 0. The van der Waals surface area contributed by atoms with Crippen molar-refractivity contribution in [3.8, 4) is 11.6 Å². The van der Waals surface area contributed by atoms with Crippen molar-refractivity contribution in [1.29, 1.82) is 0 Å². The van der Waals surface area contributed by atoms with E-state index in [2.05, 4.69) is 4.98 Å². The Morgan fingerprint density at radius 3 is 2.62 bits per heavy atom. The topological polar surface area (TPSA) is 51.7 Å². The number of aromatic nitrogens is 1. The minimum absolute atomic E-state index is 0.0440. The Kier molecular flexibility index (Phi) is 4.97. The Labute approximate surface area is 146 Å². The van der Waals surface area contributed by atoms with Crippen molar-refractivity contribution in [1.82, 2.24) is 9.88 Å². The van der Waals surface area contributed by atoms with E-state index in [1.807, 2.05) is 0 Å². The van der Waals surface area contributed by atoms with Gasteiger partial charge in [-0.2, -0.15) is 13.2 Å². The number of para-hydroxylation sites is 1. The molecule has 0 saturated carbocycles. The Hall–Kier alpha value is -2.84. The van der Waals surface area contributed by atoms with Gasteiger partial charge in [0.25, 0.3) is 5.91 Å². The fraction of sp³-hybridized carbons (Fsp3) is 0.294. The van der Waals surface area contributed by atoms with Gasteiger partial charge in [0.05, 0.1) is 13.1 Å². The lowest BCUT2D eigenvalue weighted by molar-refractivity contribution is -0.146. The summed E-state index contributed by atoms with van der Waals surface area (Å²) < 4.78 is 62.4. The average Bonchev–Trinajstić information content (AvgIpc) is 2.56. The molecule has 1 aromatic heterocycles. The maximum Gasteiger partial charge on any atom is 0.421 e. The molecule has 0 radical (unpaired) electrons. The van der Waals surface area contributed by atoms with Crippen molar-refractivity contribution < 1.29 is 31.8 Å². The first-order valence-corrected chi connectivity index (χ1v) is 7.68. The minimum atomic E-state index is -4.57. The van der Waals surface area contributed by atoms with Crippen molar-refractivity contribution in [3.63, 3.8) is 0 Å². The van der Waals surface area contributed by atoms with Gasteiger partial charge in [-0.25, -0.2) is 9.37 Å². The van der Waals surface area contributed by atoms with E-state index in [0.717, 1.165) is 6.07 Å². The molecule has 26 heavy (non-hydrogen) atoms. The number of carbonyl (C=O) groups excluding carboxylic acids is 1. The maximum absolute atomic E-state index is 13.4. The van der Waals surface area contributed by atoms with Crippen molar-refractivity contribution in [3.05, 3.63) is 54.0 Å². The van der Waals surface area contributed by atoms with Crippen LogP contribution in [0, 0.1) is 5.82 Å². The van der Waals surface area contributed by atoms with Crippen LogP contribution in [0.4, 0.5) is 17.6 Å².